The van der Waals surface area contributed by atoms with Crippen molar-refractivity contribution in [3.05, 3.63) is 61.2 Å². The van der Waals surface area contributed by atoms with E-state index in [1.54, 1.807) is 19.3 Å². The van der Waals surface area contributed by atoms with Crippen molar-refractivity contribution in [3.63, 3.8) is 0 Å². The smallest absolute Gasteiger partial charge is 0.206 e. The maximum Gasteiger partial charge on any atom is 0.206 e. The number of carbonyl (C=O) groups is 2. The van der Waals surface area contributed by atoms with E-state index in [0.717, 1.165) is 0 Å². The summed E-state index contributed by atoms with van der Waals surface area (Å²) in [4.78, 5) is 24.1. The van der Waals surface area contributed by atoms with Gasteiger partial charge in [0.25, 0.3) is 0 Å². The van der Waals surface area contributed by atoms with Crippen LogP contribution in [0.15, 0.2) is 61.2 Å². The monoisotopic (exact) mass is 430 g/mol. The second kappa shape index (κ2) is 16.0. The Hall–Kier alpha value is -1.40. The molecule has 22 heavy (non-hydrogen) atoms. The summed E-state index contributed by atoms with van der Waals surface area (Å²) in [5.41, 5.74) is 0. The van der Waals surface area contributed by atoms with Crippen molar-refractivity contribution in [2.45, 2.75) is 20.4 Å². The Morgan fingerprint density at radius 3 is 1.64 bits per heavy atom. The number of hydrogen-bond acceptors (Lipinski definition) is 3. The zero-order chi connectivity index (χ0) is 15.9. The van der Waals surface area contributed by atoms with Gasteiger partial charge in [-0.15, -0.1) is 0 Å². The topological polar surface area (TPSA) is 50.9 Å². The lowest BCUT2D eigenvalue weighted by atomic mass is 10.4. The van der Waals surface area contributed by atoms with Crippen LogP contribution < -0.4 is 21.5 Å². The molecule has 0 spiro atoms. The van der Waals surface area contributed by atoms with Crippen molar-refractivity contribution in [2.75, 3.05) is 5.33 Å². The summed E-state index contributed by atoms with van der Waals surface area (Å²) in [7, 11) is 0. The normalized spacial score (nSPS) is 8.14. The molecule has 0 N–H and O–H groups in total. The van der Waals surface area contributed by atoms with Crippen molar-refractivity contribution in [1.29, 1.82) is 0 Å². The second-order valence-electron chi connectivity index (χ2n) is 4.11. The lowest BCUT2D eigenvalue weighted by Gasteiger charge is -1.88. The summed E-state index contributed by atoms with van der Waals surface area (Å²) in [5, 5.41) is 0.479. The van der Waals surface area contributed by atoms with Gasteiger partial charge in [0.2, 0.25) is 6.54 Å². The molecule has 0 fully saturated rings. The molecule has 6 heteroatoms. The molecule has 4 nitrogen and oxygen atoms in total. The molecule has 0 radical (unpaired) electrons. The fourth-order valence-corrected chi connectivity index (χ4v) is 1.11. The zero-order valence-corrected chi connectivity index (χ0v) is 15.8. The second-order valence-corrected chi connectivity index (χ2v) is 4.67. The summed E-state index contributed by atoms with van der Waals surface area (Å²) in [6.07, 6.45) is 7.25. The maximum absolute atomic E-state index is 10.6. The molecule has 120 valence electrons. The van der Waals surface area contributed by atoms with E-state index in [1.165, 1.54) is 6.92 Å². The number of pyridine rings is 2. The van der Waals surface area contributed by atoms with Gasteiger partial charge in [-0.3, -0.25) is 14.6 Å². The molecule has 0 saturated heterocycles. The Bertz CT molecular complexity index is 481. The summed E-state index contributed by atoms with van der Waals surface area (Å²) in [6, 6.07) is 11.5. The van der Waals surface area contributed by atoms with Crippen LogP contribution in [0.5, 0.6) is 0 Å². The minimum atomic E-state index is 0. The molecule has 0 aromatic carbocycles. The van der Waals surface area contributed by atoms with Gasteiger partial charge in [0.05, 0.1) is 5.33 Å². The Balaban J connectivity index is 0. The highest BCUT2D eigenvalue weighted by Crippen LogP contribution is 1.77. The molecule has 2 aromatic heterocycles. The Kier molecular flexibility index (Phi) is 16.6. The minimum Gasteiger partial charge on any atom is -1.00 e. The van der Waals surface area contributed by atoms with E-state index < -0.39 is 0 Å². The number of nitrogens with zero attached hydrogens (tertiary/aromatic N) is 2. The molecule has 0 aliphatic heterocycles. The summed E-state index contributed by atoms with van der Waals surface area (Å²) >= 11 is 2.96. The van der Waals surface area contributed by atoms with Crippen molar-refractivity contribution < 1.29 is 31.1 Å². The first kappa shape index (κ1) is 22.9. The van der Waals surface area contributed by atoms with Crippen molar-refractivity contribution in [1.82, 2.24) is 4.98 Å². The molecule has 2 aromatic rings. The van der Waals surface area contributed by atoms with Crippen LogP contribution in [0.2, 0.25) is 0 Å². The van der Waals surface area contributed by atoms with Crippen LogP contribution in [0.4, 0.5) is 0 Å². The molecule has 2 rings (SSSR count). The largest absolute Gasteiger partial charge is 1.00 e. The van der Waals surface area contributed by atoms with Crippen LogP contribution in [0.3, 0.4) is 0 Å². The van der Waals surface area contributed by atoms with Gasteiger partial charge in [-0.25, -0.2) is 0 Å². The molecule has 2 heterocycles. The van der Waals surface area contributed by atoms with Gasteiger partial charge < -0.3 is 17.0 Å². The van der Waals surface area contributed by atoms with E-state index in [0.29, 0.717) is 11.9 Å². The van der Waals surface area contributed by atoms with Gasteiger partial charge in [-0.1, -0.05) is 28.1 Å². The van der Waals surface area contributed by atoms with Crippen molar-refractivity contribution in [3.8, 4) is 0 Å². The van der Waals surface area contributed by atoms with Gasteiger partial charge in [0.15, 0.2) is 18.2 Å². The zero-order valence-electron chi connectivity index (χ0n) is 12.7. The summed E-state index contributed by atoms with van der Waals surface area (Å²) in [6.45, 7) is 3.59. The molecule has 0 saturated carbocycles. The Morgan fingerprint density at radius 2 is 1.36 bits per heavy atom. The molecule has 0 bridgehead atoms. The first-order chi connectivity index (χ1) is 10.1. The highest BCUT2D eigenvalue weighted by molar-refractivity contribution is 9.09. The first-order valence-electron chi connectivity index (χ1n) is 6.40. The average Bonchev–Trinajstić information content (AvgIpc) is 2.50. The number of carbonyl (C=O) groups excluding carboxylic acids is 2. The van der Waals surface area contributed by atoms with E-state index in [9.17, 15) is 9.59 Å². The SMILES string of the molecule is CC(=O)CBr.CC(=O)C[n+]1ccccc1.[Br-].c1ccncc1. The van der Waals surface area contributed by atoms with Crippen LogP contribution in [-0.2, 0) is 16.1 Å². The van der Waals surface area contributed by atoms with Gasteiger partial charge >= 0.3 is 0 Å². The standard InChI is InChI=1S/C8H10NO.C5H5N.C3H5BrO.BrH/c1-8(10)7-9-5-3-2-4-6-9;1-2-4-6-5-3-1;1-3(5)2-4;/h2-6H,7H2,1H3;1-5H;2H2,1H3;1H/q+1;;;/p-1. The maximum atomic E-state index is 10.6. The first-order valence-corrected chi connectivity index (χ1v) is 7.52. The molecule has 0 amide bonds. The highest BCUT2D eigenvalue weighted by atomic mass is 79.9. The number of rotatable bonds is 3. The van der Waals surface area contributed by atoms with Gasteiger partial charge in [0, 0.05) is 31.5 Å². The van der Waals surface area contributed by atoms with E-state index in [1.807, 2.05) is 53.4 Å². The number of Topliss-reactive ketones (excluding diaryl/α,β-unsaturated/α-hetero) is 2. The lowest BCUT2D eigenvalue weighted by molar-refractivity contribution is -0.684. The Labute approximate surface area is 150 Å². The van der Waals surface area contributed by atoms with Gasteiger partial charge in [-0.2, -0.15) is 4.57 Å². The Morgan fingerprint density at radius 1 is 0.909 bits per heavy atom. The summed E-state index contributed by atoms with van der Waals surface area (Å²) < 4.78 is 1.85. The third kappa shape index (κ3) is 16.7. The molecule has 0 unspecified atom stereocenters. The number of halogens is 2. The van der Waals surface area contributed by atoms with Crippen LogP contribution in [0.25, 0.3) is 0 Å². The van der Waals surface area contributed by atoms with Crippen LogP contribution in [0, 0.1) is 0 Å². The predicted molar refractivity (Wildman–Crippen MR) is 86.0 cm³/mol. The molecule has 0 aliphatic rings. The minimum absolute atomic E-state index is 0. The number of aromatic nitrogens is 2. The van der Waals surface area contributed by atoms with Crippen LogP contribution >= 0.6 is 15.9 Å². The molecular weight excluding hydrogens is 412 g/mol. The molecule has 0 atom stereocenters. The number of hydrogen-bond donors (Lipinski definition) is 0. The predicted octanol–water partition coefficient (Wildman–Crippen LogP) is -0.381. The molecular formula is C16H20Br2N2O2. The van der Waals surface area contributed by atoms with Crippen LogP contribution in [0.1, 0.15) is 13.8 Å². The quantitative estimate of drug-likeness (QED) is 0.491. The van der Waals surface area contributed by atoms with Gasteiger partial charge in [-0.05, 0) is 19.1 Å². The lowest BCUT2D eigenvalue weighted by Crippen LogP contribution is -3.00. The fraction of sp³-hybridized carbons (Fsp3) is 0.250. The number of alkyl halides is 1. The fourth-order valence-electron chi connectivity index (χ4n) is 1.11. The van der Waals surface area contributed by atoms with E-state index >= 15 is 0 Å². The van der Waals surface area contributed by atoms with E-state index in [2.05, 4.69) is 20.9 Å². The third-order valence-electron chi connectivity index (χ3n) is 1.94. The third-order valence-corrected chi connectivity index (χ3v) is 2.73. The summed E-state index contributed by atoms with van der Waals surface area (Å²) in [5.74, 6) is 0.348. The van der Waals surface area contributed by atoms with E-state index in [-0.39, 0.29) is 28.5 Å². The number of ketones is 2. The van der Waals surface area contributed by atoms with Crippen molar-refractivity contribution in [2.24, 2.45) is 0 Å². The average molecular weight is 432 g/mol. The molecule has 0 aliphatic carbocycles. The highest BCUT2D eigenvalue weighted by Gasteiger charge is 1.99. The van der Waals surface area contributed by atoms with Gasteiger partial charge in [0.1, 0.15) is 5.78 Å². The van der Waals surface area contributed by atoms with E-state index in [4.69, 9.17) is 0 Å². The van der Waals surface area contributed by atoms with Crippen LogP contribution in [-0.4, -0.2) is 21.9 Å². The van der Waals surface area contributed by atoms with Crippen molar-refractivity contribution >= 4 is 27.5 Å².